The third kappa shape index (κ3) is 5.08. The fraction of sp³-hybridized carbons (Fsp3) is 0.192. The molecule has 0 atom stereocenters. The molecule has 1 aliphatic rings. The largest absolute Gasteiger partial charge is 0.324 e. The molecule has 1 aliphatic heterocycles. The summed E-state index contributed by atoms with van der Waals surface area (Å²) in [5.41, 5.74) is 3.00. The van der Waals surface area contributed by atoms with Crippen molar-refractivity contribution in [1.82, 2.24) is 15.0 Å². The lowest BCUT2D eigenvalue weighted by molar-refractivity contribution is 0.0998. The van der Waals surface area contributed by atoms with Crippen LogP contribution in [0, 0.1) is 0 Å². The Morgan fingerprint density at radius 1 is 1.08 bits per heavy atom. The maximum Gasteiger partial charge on any atom is 0.276 e. The highest BCUT2D eigenvalue weighted by molar-refractivity contribution is 7.90. The van der Waals surface area contributed by atoms with Gasteiger partial charge < -0.3 is 4.98 Å². The van der Waals surface area contributed by atoms with Crippen LogP contribution in [0.4, 0.5) is 5.95 Å². The quantitative estimate of drug-likeness (QED) is 0.352. The number of hydrogen-bond donors (Lipinski definition) is 2. The second kappa shape index (κ2) is 9.46. The lowest BCUT2D eigenvalue weighted by Gasteiger charge is -2.09. The third-order valence-corrected chi connectivity index (χ3v) is 6.83. The molecular weight excluding hydrogens is 478 g/mol. The van der Waals surface area contributed by atoms with E-state index in [4.69, 9.17) is 0 Å². The van der Waals surface area contributed by atoms with Gasteiger partial charge in [0, 0.05) is 48.4 Å². The van der Waals surface area contributed by atoms with Gasteiger partial charge in [-0.1, -0.05) is 36.4 Å². The zero-order valence-corrected chi connectivity index (χ0v) is 20.3. The van der Waals surface area contributed by atoms with Gasteiger partial charge in [0.2, 0.25) is 5.95 Å². The number of allylic oxidation sites excluding steroid dienone is 1. The van der Waals surface area contributed by atoms with Crippen molar-refractivity contribution in [2.75, 3.05) is 17.3 Å². The molecule has 1 amide bonds. The van der Waals surface area contributed by atoms with E-state index < -0.39 is 15.7 Å². The molecule has 10 heteroatoms. The third-order valence-electron chi connectivity index (χ3n) is 5.89. The first-order valence-electron chi connectivity index (χ1n) is 11.4. The van der Waals surface area contributed by atoms with Crippen LogP contribution in [0.2, 0.25) is 0 Å². The molecule has 0 bridgehead atoms. The summed E-state index contributed by atoms with van der Waals surface area (Å²) in [6, 6.07) is 14.3. The average Bonchev–Trinajstić information content (AvgIpc) is 3.50. The Bertz CT molecular complexity index is 1690. The second-order valence-electron chi connectivity index (χ2n) is 8.68. The summed E-state index contributed by atoms with van der Waals surface area (Å²) >= 11 is 0. The molecular formula is C26H23N5O4S. The summed E-state index contributed by atoms with van der Waals surface area (Å²) in [5.74, 6) is -0.487. The van der Waals surface area contributed by atoms with E-state index in [0.717, 1.165) is 16.5 Å². The topological polar surface area (TPSA) is 134 Å². The van der Waals surface area contributed by atoms with Crippen molar-refractivity contribution in [3.8, 4) is 0 Å². The van der Waals surface area contributed by atoms with Crippen molar-refractivity contribution in [2.45, 2.75) is 19.3 Å². The number of aromatic amines is 1. The Morgan fingerprint density at radius 3 is 2.69 bits per heavy atom. The Kier molecular flexibility index (Phi) is 6.19. The van der Waals surface area contributed by atoms with Crippen LogP contribution in [0.5, 0.6) is 0 Å². The molecule has 5 rings (SSSR count). The normalized spacial score (nSPS) is 13.3. The van der Waals surface area contributed by atoms with Crippen molar-refractivity contribution in [3.05, 3.63) is 77.8 Å². The molecule has 0 aliphatic carbocycles. The maximum atomic E-state index is 13.1. The Hall–Kier alpha value is -4.18. The van der Waals surface area contributed by atoms with Gasteiger partial charge in [-0.2, -0.15) is 0 Å². The van der Waals surface area contributed by atoms with E-state index in [-0.39, 0.29) is 36.0 Å². The fourth-order valence-electron chi connectivity index (χ4n) is 4.15. The number of Topliss-reactive ketones (excluding diaryl/α,β-unsaturated/α-hetero) is 1. The second-order valence-corrected chi connectivity index (χ2v) is 10.9. The van der Waals surface area contributed by atoms with Gasteiger partial charge in [-0.25, -0.2) is 18.4 Å². The number of imidazole rings is 1. The number of H-pyrrole nitrogens is 1. The van der Waals surface area contributed by atoms with Gasteiger partial charge in [-0.3, -0.25) is 19.9 Å². The number of sulfone groups is 1. The Labute approximate surface area is 207 Å². The number of anilines is 1. The highest BCUT2D eigenvalue weighted by Crippen LogP contribution is 2.23. The Balaban J connectivity index is 1.42. The lowest BCUT2D eigenvalue weighted by atomic mass is 10.0. The number of amides is 1. The highest BCUT2D eigenvalue weighted by atomic mass is 32.2. The van der Waals surface area contributed by atoms with E-state index in [9.17, 15) is 18.0 Å². The predicted molar refractivity (Wildman–Crippen MR) is 139 cm³/mol. The summed E-state index contributed by atoms with van der Waals surface area (Å²) in [6.45, 7) is 0. The van der Waals surface area contributed by atoms with E-state index >= 15 is 0 Å². The number of carbonyl (C=O) groups is 2. The number of nitrogens with zero attached hydrogens (tertiary/aromatic N) is 3. The molecule has 2 aromatic carbocycles. The van der Waals surface area contributed by atoms with Gasteiger partial charge in [-0.05, 0) is 23.6 Å². The zero-order chi connectivity index (χ0) is 25.3. The van der Waals surface area contributed by atoms with Crippen molar-refractivity contribution >= 4 is 55.0 Å². The molecule has 2 aromatic heterocycles. The monoisotopic (exact) mass is 501 g/mol. The van der Waals surface area contributed by atoms with Gasteiger partial charge >= 0.3 is 0 Å². The maximum absolute atomic E-state index is 13.1. The van der Waals surface area contributed by atoms with Gasteiger partial charge in [0.05, 0.1) is 17.0 Å². The van der Waals surface area contributed by atoms with Crippen molar-refractivity contribution in [3.63, 3.8) is 0 Å². The highest BCUT2D eigenvalue weighted by Gasteiger charge is 2.19. The molecule has 9 nitrogen and oxygen atoms in total. The first kappa shape index (κ1) is 23.6. The summed E-state index contributed by atoms with van der Waals surface area (Å²) in [6.07, 6.45) is 5.83. The number of para-hydroxylation sites is 1. The van der Waals surface area contributed by atoms with Crippen LogP contribution in [0.15, 0.2) is 65.8 Å². The number of benzene rings is 2. The van der Waals surface area contributed by atoms with Gasteiger partial charge in [0.15, 0.2) is 5.78 Å². The number of aliphatic imine (C=N–C) groups is 1. The van der Waals surface area contributed by atoms with E-state index in [1.807, 2.05) is 30.3 Å². The van der Waals surface area contributed by atoms with Gasteiger partial charge in [-0.15, -0.1) is 0 Å². The lowest BCUT2D eigenvalue weighted by Crippen LogP contribution is -2.16. The van der Waals surface area contributed by atoms with E-state index in [0.29, 0.717) is 28.7 Å². The first-order chi connectivity index (χ1) is 17.3. The van der Waals surface area contributed by atoms with Crippen molar-refractivity contribution in [2.24, 2.45) is 4.99 Å². The number of pyridine rings is 1. The van der Waals surface area contributed by atoms with Crippen LogP contribution < -0.4 is 5.32 Å². The molecule has 0 saturated carbocycles. The zero-order valence-electron chi connectivity index (χ0n) is 19.5. The first-order valence-corrected chi connectivity index (χ1v) is 13.4. The van der Waals surface area contributed by atoms with Crippen LogP contribution in [-0.4, -0.2) is 52.8 Å². The number of rotatable bonds is 8. The number of fused-ring (bicyclic) bond motifs is 2. The Morgan fingerprint density at radius 2 is 1.92 bits per heavy atom. The summed E-state index contributed by atoms with van der Waals surface area (Å²) in [4.78, 5) is 42.1. The molecule has 0 unspecified atom stereocenters. The van der Waals surface area contributed by atoms with E-state index in [2.05, 4.69) is 25.3 Å². The molecule has 2 N–H and O–H groups in total. The van der Waals surface area contributed by atoms with Crippen LogP contribution >= 0.6 is 0 Å². The summed E-state index contributed by atoms with van der Waals surface area (Å²) in [7, 11) is -3.20. The summed E-state index contributed by atoms with van der Waals surface area (Å²) < 4.78 is 23.4. The molecule has 4 aromatic rings. The predicted octanol–water partition coefficient (Wildman–Crippen LogP) is 3.88. The molecule has 3 heterocycles. The van der Waals surface area contributed by atoms with Crippen LogP contribution in [0.1, 0.15) is 39.4 Å². The van der Waals surface area contributed by atoms with Crippen LogP contribution in [0.25, 0.3) is 21.8 Å². The van der Waals surface area contributed by atoms with Gasteiger partial charge in [0.25, 0.3) is 5.91 Å². The van der Waals surface area contributed by atoms with Crippen molar-refractivity contribution in [1.29, 1.82) is 0 Å². The molecule has 0 fully saturated rings. The minimum absolute atomic E-state index is 0.0715. The fourth-order valence-corrected chi connectivity index (χ4v) is 4.71. The average molecular weight is 502 g/mol. The number of hydrogen-bond acceptors (Lipinski definition) is 7. The van der Waals surface area contributed by atoms with Crippen molar-refractivity contribution < 1.29 is 18.0 Å². The van der Waals surface area contributed by atoms with Crippen LogP contribution in [0.3, 0.4) is 0 Å². The van der Waals surface area contributed by atoms with E-state index in [1.165, 1.54) is 6.26 Å². The molecule has 182 valence electrons. The van der Waals surface area contributed by atoms with Gasteiger partial charge in [0.1, 0.15) is 21.0 Å². The molecule has 0 spiro atoms. The SMILES string of the molecule is CS(=O)(=O)CCc1nc(C(=O)Nc2nc3c(C(=O)CC4=NC=CC4)cccc3[nH]2)cc2ccccc12. The minimum atomic E-state index is -3.20. The van der Waals surface area contributed by atoms with E-state index in [1.54, 1.807) is 30.5 Å². The number of ketones is 1. The standard InChI is InChI=1S/C26H23N5O4S/c1-36(34,35)13-11-20-18-8-3-2-6-16(18)14-22(28-20)25(33)31-26-29-21-10-4-9-19(24(21)30-26)23(32)15-17-7-5-12-27-17/h2-6,8-10,12,14H,7,11,13,15H2,1H3,(H2,29,30,31,33). The molecule has 0 radical (unpaired) electrons. The summed E-state index contributed by atoms with van der Waals surface area (Å²) in [5, 5.41) is 4.30. The van der Waals surface area contributed by atoms with Crippen LogP contribution in [-0.2, 0) is 16.3 Å². The number of carbonyl (C=O) groups excluding carboxylic acids is 2. The number of aryl methyl sites for hydroxylation is 1. The molecule has 0 saturated heterocycles. The smallest absolute Gasteiger partial charge is 0.276 e. The minimum Gasteiger partial charge on any atom is -0.324 e. The number of aromatic nitrogens is 3. The number of nitrogens with one attached hydrogen (secondary N) is 2. The molecule has 36 heavy (non-hydrogen) atoms.